The molecule has 0 spiro atoms. The van der Waals surface area contributed by atoms with E-state index in [1.54, 1.807) is 18.2 Å². The van der Waals surface area contributed by atoms with Crippen LogP contribution in [0, 0.1) is 0 Å². The zero-order valence-electron chi connectivity index (χ0n) is 21.7. The van der Waals surface area contributed by atoms with Crippen LogP contribution in [0.5, 0.6) is 5.75 Å². The third kappa shape index (κ3) is 7.33. The minimum atomic E-state index is -0.821. The predicted molar refractivity (Wildman–Crippen MR) is 161 cm³/mol. The first-order chi connectivity index (χ1) is 18.7. The van der Waals surface area contributed by atoms with Crippen LogP contribution in [0.25, 0.3) is 10.8 Å². The van der Waals surface area contributed by atoms with Crippen molar-refractivity contribution < 1.29 is 14.3 Å². The quantitative estimate of drug-likeness (QED) is 0.199. The van der Waals surface area contributed by atoms with E-state index in [0.717, 1.165) is 20.8 Å². The van der Waals surface area contributed by atoms with E-state index in [4.69, 9.17) is 27.9 Å². The molecule has 0 aliphatic rings. The van der Waals surface area contributed by atoms with E-state index < -0.39 is 6.04 Å². The number of hydrogen-bond acceptors (Lipinski definition) is 3. The van der Waals surface area contributed by atoms with E-state index in [1.165, 1.54) is 4.90 Å². The fraction of sp³-hybridized carbons (Fsp3) is 0.226. The molecule has 202 valence electrons. The number of halogens is 3. The molecule has 4 aromatic carbocycles. The number of ether oxygens (including phenoxy) is 1. The Kier molecular flexibility index (Phi) is 9.89. The average Bonchev–Trinajstić information content (AvgIpc) is 2.92. The second-order valence-electron chi connectivity index (χ2n) is 9.48. The zero-order valence-corrected chi connectivity index (χ0v) is 24.8. The second kappa shape index (κ2) is 13.3. The van der Waals surface area contributed by atoms with Gasteiger partial charge in [-0.05, 0) is 64.3 Å². The molecule has 0 saturated carbocycles. The summed E-state index contributed by atoms with van der Waals surface area (Å²) in [7, 11) is 0. The van der Waals surface area contributed by atoms with Crippen molar-refractivity contribution in [3.05, 3.63) is 111 Å². The second-order valence-corrected chi connectivity index (χ2v) is 11.1. The minimum Gasteiger partial charge on any atom is -0.483 e. The molecule has 1 atom stereocenters. The summed E-state index contributed by atoms with van der Waals surface area (Å²) in [4.78, 5) is 28.9. The van der Waals surface area contributed by atoms with Gasteiger partial charge >= 0.3 is 0 Å². The Labute approximate surface area is 247 Å². The monoisotopic (exact) mass is 626 g/mol. The highest BCUT2D eigenvalue weighted by atomic mass is 79.9. The molecular weight excluding hydrogens is 599 g/mol. The number of rotatable bonds is 10. The van der Waals surface area contributed by atoms with Gasteiger partial charge in [0.15, 0.2) is 6.61 Å². The Morgan fingerprint density at radius 3 is 2.26 bits per heavy atom. The van der Waals surface area contributed by atoms with Crippen molar-refractivity contribution in [3.8, 4) is 5.75 Å². The maximum atomic E-state index is 13.9. The van der Waals surface area contributed by atoms with Crippen molar-refractivity contribution in [1.82, 2.24) is 10.2 Å². The Morgan fingerprint density at radius 2 is 1.56 bits per heavy atom. The molecule has 39 heavy (non-hydrogen) atoms. The Morgan fingerprint density at radius 1 is 0.897 bits per heavy atom. The Hall–Kier alpha value is -3.06. The lowest BCUT2D eigenvalue weighted by Gasteiger charge is -2.32. The summed E-state index contributed by atoms with van der Waals surface area (Å²) in [5, 5.41) is 5.83. The molecule has 0 bridgehead atoms. The molecule has 8 heteroatoms. The van der Waals surface area contributed by atoms with Crippen molar-refractivity contribution in [2.75, 3.05) is 6.61 Å². The Bertz CT molecular complexity index is 1440. The summed E-state index contributed by atoms with van der Waals surface area (Å²) in [6, 6.07) is 25.5. The van der Waals surface area contributed by atoms with Crippen LogP contribution in [0.15, 0.2) is 89.4 Å². The third-order valence-corrected chi connectivity index (χ3v) is 7.80. The van der Waals surface area contributed by atoms with E-state index >= 15 is 0 Å². The lowest BCUT2D eigenvalue weighted by Crippen LogP contribution is -2.52. The van der Waals surface area contributed by atoms with Gasteiger partial charge in [0.1, 0.15) is 11.8 Å². The van der Waals surface area contributed by atoms with E-state index in [1.807, 2.05) is 80.6 Å². The van der Waals surface area contributed by atoms with E-state index in [-0.39, 0.29) is 31.0 Å². The topological polar surface area (TPSA) is 58.6 Å². The molecule has 0 aromatic heterocycles. The average molecular weight is 628 g/mol. The van der Waals surface area contributed by atoms with Crippen LogP contribution in [-0.2, 0) is 22.6 Å². The fourth-order valence-electron chi connectivity index (χ4n) is 4.34. The lowest BCUT2D eigenvalue weighted by molar-refractivity contribution is -0.143. The van der Waals surface area contributed by atoms with Crippen LogP contribution >= 0.6 is 39.1 Å². The minimum absolute atomic E-state index is 0.0443. The highest BCUT2D eigenvalue weighted by molar-refractivity contribution is 9.10. The first-order valence-electron chi connectivity index (χ1n) is 12.6. The van der Waals surface area contributed by atoms with Gasteiger partial charge in [-0.15, -0.1) is 0 Å². The van der Waals surface area contributed by atoms with Gasteiger partial charge in [0.05, 0.1) is 4.47 Å². The van der Waals surface area contributed by atoms with Gasteiger partial charge in [-0.2, -0.15) is 0 Å². The van der Waals surface area contributed by atoms with Crippen LogP contribution < -0.4 is 10.1 Å². The van der Waals surface area contributed by atoms with Crippen LogP contribution in [-0.4, -0.2) is 35.4 Å². The van der Waals surface area contributed by atoms with Crippen molar-refractivity contribution in [1.29, 1.82) is 0 Å². The standard InChI is InChI=1S/C31H29BrCl2N2O3/c1-20(2)35-31(38)27(17-21-9-4-3-5-10-21)36(18-24-25(33)13-8-14-26(24)34)29(37)19-39-28-16-15-22-11-6-7-12-23(22)30(28)32/h3-16,20,27H,17-19H2,1-2H3,(H,35,38)/t27-/m1/s1. The fourth-order valence-corrected chi connectivity index (χ4v) is 5.46. The number of nitrogens with zero attached hydrogens (tertiary/aromatic N) is 1. The molecule has 1 N–H and O–H groups in total. The van der Waals surface area contributed by atoms with E-state index in [9.17, 15) is 9.59 Å². The van der Waals surface area contributed by atoms with Gasteiger partial charge < -0.3 is 15.0 Å². The van der Waals surface area contributed by atoms with Gasteiger partial charge in [0.2, 0.25) is 5.91 Å². The van der Waals surface area contributed by atoms with Crippen molar-refractivity contribution in [2.24, 2.45) is 0 Å². The molecule has 4 aromatic rings. The summed E-state index contributed by atoms with van der Waals surface area (Å²) < 4.78 is 6.77. The summed E-state index contributed by atoms with van der Waals surface area (Å²) in [6.45, 7) is 3.53. The normalized spacial score (nSPS) is 11.8. The molecule has 0 radical (unpaired) electrons. The molecule has 0 unspecified atom stereocenters. The Balaban J connectivity index is 1.68. The molecule has 0 aliphatic carbocycles. The van der Waals surface area contributed by atoms with E-state index in [0.29, 0.717) is 27.8 Å². The maximum Gasteiger partial charge on any atom is 0.261 e. The highest BCUT2D eigenvalue weighted by Crippen LogP contribution is 2.33. The number of benzene rings is 4. The summed E-state index contributed by atoms with van der Waals surface area (Å²) in [5.41, 5.74) is 1.49. The molecule has 5 nitrogen and oxygen atoms in total. The predicted octanol–water partition coefficient (Wildman–Crippen LogP) is 7.45. The molecule has 4 rings (SSSR count). The lowest BCUT2D eigenvalue weighted by atomic mass is 10.0. The number of carbonyl (C=O) groups is 2. The molecule has 0 heterocycles. The number of carbonyl (C=O) groups excluding carboxylic acids is 2. The van der Waals surface area contributed by atoms with Crippen molar-refractivity contribution in [2.45, 2.75) is 38.9 Å². The SMILES string of the molecule is CC(C)NC(=O)[C@@H](Cc1ccccc1)N(Cc1c(Cl)cccc1Cl)C(=O)COc1ccc2ccccc2c1Br. The van der Waals surface area contributed by atoms with Crippen LogP contribution in [0.3, 0.4) is 0 Å². The summed E-state index contributed by atoms with van der Waals surface area (Å²) >= 11 is 16.6. The third-order valence-electron chi connectivity index (χ3n) is 6.27. The van der Waals surface area contributed by atoms with Gasteiger partial charge in [0, 0.05) is 34.6 Å². The molecule has 0 saturated heterocycles. The van der Waals surface area contributed by atoms with Gasteiger partial charge in [-0.1, -0.05) is 89.9 Å². The van der Waals surface area contributed by atoms with Gasteiger partial charge in [-0.3, -0.25) is 9.59 Å². The first kappa shape index (κ1) is 28.9. The van der Waals surface area contributed by atoms with Gasteiger partial charge in [-0.25, -0.2) is 0 Å². The molecule has 0 aliphatic heterocycles. The summed E-state index contributed by atoms with van der Waals surface area (Å²) in [5.74, 6) is -0.104. The largest absolute Gasteiger partial charge is 0.483 e. The molecule has 0 fully saturated rings. The number of nitrogens with one attached hydrogen (secondary N) is 1. The van der Waals surface area contributed by atoms with Crippen molar-refractivity contribution in [3.63, 3.8) is 0 Å². The van der Waals surface area contributed by atoms with Crippen LogP contribution in [0.2, 0.25) is 10.0 Å². The molecular formula is C31H29BrCl2N2O3. The summed E-state index contributed by atoms with van der Waals surface area (Å²) in [6.07, 6.45) is 0.312. The van der Waals surface area contributed by atoms with Crippen LogP contribution in [0.1, 0.15) is 25.0 Å². The smallest absolute Gasteiger partial charge is 0.261 e. The van der Waals surface area contributed by atoms with Gasteiger partial charge in [0.25, 0.3) is 5.91 Å². The number of fused-ring (bicyclic) bond motifs is 1. The number of hydrogen-bond donors (Lipinski definition) is 1. The van der Waals surface area contributed by atoms with E-state index in [2.05, 4.69) is 21.2 Å². The van der Waals surface area contributed by atoms with Crippen LogP contribution in [0.4, 0.5) is 0 Å². The molecule has 2 amide bonds. The number of amides is 2. The zero-order chi connectivity index (χ0) is 27.9. The van der Waals surface area contributed by atoms with Crippen molar-refractivity contribution >= 4 is 61.7 Å². The highest BCUT2D eigenvalue weighted by Gasteiger charge is 2.32. The maximum absolute atomic E-state index is 13.9. The first-order valence-corrected chi connectivity index (χ1v) is 14.2.